The number of amides is 1. The Morgan fingerprint density at radius 3 is 2.29 bits per heavy atom. The largest absolute Gasteiger partial charge is 0.484 e. The smallest absolute Gasteiger partial charge is 0.416 e. The fourth-order valence-corrected chi connectivity index (χ4v) is 4.13. The molecule has 0 radical (unpaired) electrons. The molecule has 1 atom stereocenters. The summed E-state index contributed by atoms with van der Waals surface area (Å²) in [6.07, 6.45) is -4.60. The van der Waals surface area contributed by atoms with Crippen molar-refractivity contribution < 1.29 is 31.1 Å². The monoisotopic (exact) mass is 512 g/mol. The van der Waals surface area contributed by atoms with Crippen LogP contribution in [0.4, 0.5) is 18.9 Å². The van der Waals surface area contributed by atoms with E-state index in [9.17, 15) is 26.4 Å². The molecule has 6 nitrogen and oxygen atoms in total. The van der Waals surface area contributed by atoms with Gasteiger partial charge in [-0.05, 0) is 67.1 Å². The minimum Gasteiger partial charge on any atom is -0.484 e. The molecule has 0 heterocycles. The van der Waals surface area contributed by atoms with E-state index in [0.717, 1.165) is 17.7 Å². The number of alkyl halides is 3. The molecule has 1 amide bonds. The Balaban J connectivity index is 1.58. The number of ether oxygens (including phenoxy) is 1. The zero-order valence-corrected chi connectivity index (χ0v) is 19.3. The molecule has 0 unspecified atom stereocenters. The molecular formula is C23H20ClF3N2O4S. The standard InChI is InChI=1S/C23H20ClF3N2O4S/c1-15(16-5-7-18(24)8-6-16)28-22(30)14-33-20-9-11-21(12-10-20)34(31,32)29-19-4-2-3-17(13-19)23(25,26)27/h2-13,15,29H,14H2,1H3,(H,28,30)/t15-/m0/s1. The summed E-state index contributed by atoms with van der Waals surface area (Å²) < 4.78 is 71.1. The molecule has 11 heteroatoms. The van der Waals surface area contributed by atoms with Crippen LogP contribution in [0.25, 0.3) is 0 Å². The van der Waals surface area contributed by atoms with E-state index in [-0.39, 0.29) is 34.9 Å². The molecule has 0 aliphatic rings. The van der Waals surface area contributed by atoms with Gasteiger partial charge in [-0.2, -0.15) is 13.2 Å². The molecule has 3 aromatic carbocycles. The van der Waals surface area contributed by atoms with Gasteiger partial charge >= 0.3 is 6.18 Å². The molecule has 0 fully saturated rings. The molecule has 34 heavy (non-hydrogen) atoms. The van der Waals surface area contributed by atoms with E-state index in [0.29, 0.717) is 11.1 Å². The highest BCUT2D eigenvalue weighted by Crippen LogP contribution is 2.31. The van der Waals surface area contributed by atoms with Gasteiger partial charge in [0.05, 0.1) is 16.5 Å². The van der Waals surface area contributed by atoms with Crippen LogP contribution in [-0.2, 0) is 21.0 Å². The van der Waals surface area contributed by atoms with Gasteiger partial charge in [0.1, 0.15) is 5.75 Å². The van der Waals surface area contributed by atoms with Gasteiger partial charge in [-0.3, -0.25) is 9.52 Å². The van der Waals surface area contributed by atoms with Crippen LogP contribution in [0.2, 0.25) is 5.02 Å². The number of rotatable bonds is 8. The highest BCUT2D eigenvalue weighted by atomic mass is 35.5. The van der Waals surface area contributed by atoms with Crippen LogP contribution in [0.15, 0.2) is 77.7 Å². The summed E-state index contributed by atoms with van der Waals surface area (Å²) in [6.45, 7) is 1.50. The number of sulfonamides is 1. The number of carbonyl (C=O) groups excluding carboxylic acids is 1. The normalized spacial score (nSPS) is 12.6. The number of anilines is 1. The number of carbonyl (C=O) groups is 1. The van der Waals surface area contributed by atoms with Crippen LogP contribution in [0, 0.1) is 0 Å². The molecular weight excluding hydrogens is 493 g/mol. The minimum absolute atomic E-state index is 0.182. The SMILES string of the molecule is C[C@H](NC(=O)COc1ccc(S(=O)(=O)Nc2cccc(C(F)(F)F)c2)cc1)c1ccc(Cl)cc1. The van der Waals surface area contributed by atoms with E-state index in [1.807, 2.05) is 0 Å². The number of hydrogen-bond acceptors (Lipinski definition) is 4. The van der Waals surface area contributed by atoms with Crippen molar-refractivity contribution in [1.29, 1.82) is 0 Å². The van der Waals surface area contributed by atoms with Crippen LogP contribution in [-0.4, -0.2) is 20.9 Å². The Morgan fingerprint density at radius 2 is 1.68 bits per heavy atom. The van der Waals surface area contributed by atoms with Gasteiger partial charge in [-0.25, -0.2) is 8.42 Å². The second kappa shape index (κ2) is 10.4. The van der Waals surface area contributed by atoms with Crippen LogP contribution >= 0.6 is 11.6 Å². The average Bonchev–Trinajstić information content (AvgIpc) is 2.78. The Morgan fingerprint density at radius 1 is 1.03 bits per heavy atom. The first-order valence-corrected chi connectivity index (χ1v) is 11.8. The summed E-state index contributed by atoms with van der Waals surface area (Å²) in [4.78, 5) is 12.0. The third-order valence-corrected chi connectivity index (χ3v) is 6.34. The molecule has 0 aromatic heterocycles. The molecule has 3 aromatic rings. The molecule has 0 saturated heterocycles. The summed E-state index contributed by atoms with van der Waals surface area (Å²) in [7, 11) is -4.13. The first-order chi connectivity index (χ1) is 15.9. The Bertz CT molecular complexity index is 1250. The summed E-state index contributed by atoms with van der Waals surface area (Å²) in [5.41, 5.74) is -0.331. The highest BCUT2D eigenvalue weighted by molar-refractivity contribution is 7.92. The summed E-state index contributed by atoms with van der Waals surface area (Å²) in [5, 5.41) is 3.36. The van der Waals surface area contributed by atoms with E-state index >= 15 is 0 Å². The molecule has 0 bridgehead atoms. The fourth-order valence-electron chi connectivity index (χ4n) is 2.95. The molecule has 0 spiro atoms. The van der Waals surface area contributed by atoms with Crippen molar-refractivity contribution in [2.75, 3.05) is 11.3 Å². The third-order valence-electron chi connectivity index (χ3n) is 4.69. The van der Waals surface area contributed by atoms with Crippen molar-refractivity contribution in [3.8, 4) is 5.75 Å². The first kappa shape index (κ1) is 25.4. The van der Waals surface area contributed by atoms with E-state index < -0.39 is 21.8 Å². The van der Waals surface area contributed by atoms with Crippen molar-refractivity contribution in [3.63, 3.8) is 0 Å². The van der Waals surface area contributed by atoms with E-state index in [1.54, 1.807) is 31.2 Å². The van der Waals surface area contributed by atoms with Crippen LogP contribution < -0.4 is 14.8 Å². The van der Waals surface area contributed by atoms with E-state index in [2.05, 4.69) is 10.0 Å². The third kappa shape index (κ3) is 6.88. The molecule has 0 saturated carbocycles. The van der Waals surface area contributed by atoms with Gasteiger partial charge < -0.3 is 10.1 Å². The number of halogens is 4. The molecule has 3 rings (SSSR count). The Hall–Kier alpha value is -3.24. The van der Waals surface area contributed by atoms with Gasteiger partial charge in [0.25, 0.3) is 15.9 Å². The zero-order chi connectivity index (χ0) is 24.9. The molecule has 0 aliphatic carbocycles. The summed E-state index contributed by atoms with van der Waals surface area (Å²) in [5.74, 6) is -0.141. The lowest BCUT2D eigenvalue weighted by Crippen LogP contribution is -2.31. The lowest BCUT2D eigenvalue weighted by Gasteiger charge is -2.15. The van der Waals surface area contributed by atoms with Gasteiger partial charge in [0, 0.05) is 10.7 Å². The van der Waals surface area contributed by atoms with Crippen molar-refractivity contribution in [1.82, 2.24) is 5.32 Å². The summed E-state index contributed by atoms with van der Waals surface area (Å²) >= 11 is 5.85. The van der Waals surface area contributed by atoms with Crippen molar-refractivity contribution in [2.24, 2.45) is 0 Å². The highest BCUT2D eigenvalue weighted by Gasteiger charge is 2.30. The topological polar surface area (TPSA) is 84.5 Å². The summed E-state index contributed by atoms with van der Waals surface area (Å²) in [6, 6.07) is 15.7. The number of nitrogens with one attached hydrogen (secondary N) is 2. The molecule has 2 N–H and O–H groups in total. The Labute approximate surface area is 199 Å². The minimum atomic E-state index is -4.60. The van der Waals surface area contributed by atoms with Crippen LogP contribution in [0.1, 0.15) is 24.1 Å². The van der Waals surface area contributed by atoms with E-state index in [1.165, 1.54) is 30.3 Å². The number of hydrogen-bond donors (Lipinski definition) is 2. The van der Waals surface area contributed by atoms with Crippen LogP contribution in [0.3, 0.4) is 0 Å². The maximum atomic E-state index is 12.8. The van der Waals surface area contributed by atoms with Gasteiger partial charge in [0.15, 0.2) is 6.61 Å². The van der Waals surface area contributed by atoms with Crippen LogP contribution in [0.5, 0.6) is 5.75 Å². The van der Waals surface area contributed by atoms with Crippen molar-refractivity contribution in [3.05, 3.63) is 88.9 Å². The molecule has 0 aliphatic heterocycles. The fraction of sp³-hybridized carbons (Fsp3) is 0.174. The Kier molecular flexibility index (Phi) is 7.73. The second-order valence-corrected chi connectivity index (χ2v) is 9.40. The van der Waals surface area contributed by atoms with Crippen molar-refractivity contribution >= 4 is 33.2 Å². The first-order valence-electron chi connectivity index (χ1n) is 9.92. The lowest BCUT2D eigenvalue weighted by molar-refractivity contribution is -0.137. The quantitative estimate of drug-likeness (QED) is 0.422. The second-order valence-electron chi connectivity index (χ2n) is 7.28. The predicted octanol–water partition coefficient (Wildman–Crippen LogP) is 5.42. The maximum absolute atomic E-state index is 12.8. The molecule has 180 valence electrons. The number of benzene rings is 3. The zero-order valence-electron chi connectivity index (χ0n) is 17.8. The van der Waals surface area contributed by atoms with Gasteiger partial charge in [0.2, 0.25) is 0 Å². The lowest BCUT2D eigenvalue weighted by atomic mass is 10.1. The van der Waals surface area contributed by atoms with Gasteiger partial charge in [-0.1, -0.05) is 29.8 Å². The maximum Gasteiger partial charge on any atom is 0.416 e. The predicted molar refractivity (Wildman–Crippen MR) is 122 cm³/mol. The van der Waals surface area contributed by atoms with Gasteiger partial charge in [-0.15, -0.1) is 0 Å². The average molecular weight is 513 g/mol. The van der Waals surface area contributed by atoms with E-state index in [4.69, 9.17) is 16.3 Å². The van der Waals surface area contributed by atoms with Crippen molar-refractivity contribution in [2.45, 2.75) is 24.0 Å².